The highest BCUT2D eigenvalue weighted by molar-refractivity contribution is 7.86. The lowest BCUT2D eigenvalue weighted by molar-refractivity contribution is -0.0453. The summed E-state index contributed by atoms with van der Waals surface area (Å²) < 4.78 is 38.9. The number of aryl methyl sites for hydroxylation is 1. The van der Waals surface area contributed by atoms with Gasteiger partial charge in [-0.2, -0.15) is 17.0 Å². The van der Waals surface area contributed by atoms with Crippen molar-refractivity contribution >= 4 is 10.2 Å². The molecule has 2 atom stereocenters. The molecule has 1 aliphatic rings. The molecule has 114 valence electrons. The molecule has 2 unspecified atom stereocenters. The Morgan fingerprint density at radius 3 is 2.40 bits per heavy atom. The molecular formula is C13H22N2O4S. The smallest absolute Gasteiger partial charge is 0.282 e. The van der Waals surface area contributed by atoms with Crippen LogP contribution in [0.3, 0.4) is 0 Å². The summed E-state index contributed by atoms with van der Waals surface area (Å²) in [6.07, 6.45) is -0.180. The van der Waals surface area contributed by atoms with E-state index in [-0.39, 0.29) is 18.8 Å². The molecule has 0 saturated carbocycles. The van der Waals surface area contributed by atoms with Gasteiger partial charge in [0.2, 0.25) is 0 Å². The second-order valence-electron chi connectivity index (χ2n) is 5.35. The largest absolute Gasteiger partial charge is 0.465 e. The van der Waals surface area contributed by atoms with Crippen molar-refractivity contribution in [3.63, 3.8) is 0 Å². The number of morpholine rings is 1. The van der Waals surface area contributed by atoms with Gasteiger partial charge in [0.15, 0.2) is 0 Å². The van der Waals surface area contributed by atoms with Crippen molar-refractivity contribution < 1.29 is 17.6 Å². The SMILES string of the molecule is Cc1ccc(CN(C)S(=O)(=O)N2CC(C)OC(C)C2)o1. The standard InChI is InChI=1S/C13H22N2O4S/c1-10-5-6-13(19-10)9-14(4)20(16,17)15-7-11(2)18-12(3)8-15/h5-6,11-12H,7-9H2,1-4H3. The van der Waals surface area contributed by atoms with Crippen LogP contribution in [-0.2, 0) is 21.5 Å². The highest BCUT2D eigenvalue weighted by Crippen LogP contribution is 2.18. The topological polar surface area (TPSA) is 63.0 Å². The molecule has 1 aromatic rings. The maximum absolute atomic E-state index is 12.5. The number of rotatable bonds is 4. The van der Waals surface area contributed by atoms with E-state index in [1.54, 1.807) is 13.1 Å². The van der Waals surface area contributed by atoms with Crippen molar-refractivity contribution in [2.45, 2.75) is 39.5 Å². The van der Waals surface area contributed by atoms with Gasteiger partial charge < -0.3 is 9.15 Å². The van der Waals surface area contributed by atoms with Crippen LogP contribution in [0.15, 0.2) is 16.5 Å². The van der Waals surface area contributed by atoms with Crippen molar-refractivity contribution in [1.82, 2.24) is 8.61 Å². The Balaban J connectivity index is 2.08. The van der Waals surface area contributed by atoms with Crippen LogP contribution in [0.2, 0.25) is 0 Å². The average Bonchev–Trinajstić information content (AvgIpc) is 2.73. The van der Waals surface area contributed by atoms with Gasteiger partial charge in [-0.05, 0) is 32.9 Å². The molecule has 0 aliphatic carbocycles. The van der Waals surface area contributed by atoms with Gasteiger partial charge in [0.05, 0.1) is 18.8 Å². The Bertz CT molecular complexity index is 544. The van der Waals surface area contributed by atoms with E-state index in [0.717, 1.165) is 5.76 Å². The van der Waals surface area contributed by atoms with E-state index in [0.29, 0.717) is 18.8 Å². The molecule has 0 spiro atoms. The summed E-state index contributed by atoms with van der Waals surface area (Å²) in [5, 5.41) is 0. The minimum absolute atomic E-state index is 0.0900. The van der Waals surface area contributed by atoms with E-state index in [4.69, 9.17) is 9.15 Å². The van der Waals surface area contributed by atoms with Gasteiger partial charge in [0.25, 0.3) is 10.2 Å². The molecule has 2 heterocycles. The third kappa shape index (κ3) is 3.41. The summed E-state index contributed by atoms with van der Waals surface area (Å²) in [5.74, 6) is 1.42. The predicted octanol–water partition coefficient (Wildman–Crippen LogP) is 1.37. The van der Waals surface area contributed by atoms with Crippen molar-refractivity contribution in [1.29, 1.82) is 0 Å². The zero-order chi connectivity index (χ0) is 14.9. The van der Waals surface area contributed by atoms with E-state index in [9.17, 15) is 8.42 Å². The molecule has 1 fully saturated rings. The first-order chi connectivity index (χ1) is 9.29. The molecule has 1 aromatic heterocycles. The fourth-order valence-corrected chi connectivity index (χ4v) is 3.87. The molecule has 20 heavy (non-hydrogen) atoms. The third-order valence-electron chi connectivity index (χ3n) is 3.28. The lowest BCUT2D eigenvalue weighted by atomic mass is 10.3. The van der Waals surface area contributed by atoms with Gasteiger partial charge in [-0.15, -0.1) is 0 Å². The Labute approximate surface area is 120 Å². The van der Waals surface area contributed by atoms with Crippen molar-refractivity contribution in [3.05, 3.63) is 23.7 Å². The predicted molar refractivity (Wildman–Crippen MR) is 75.4 cm³/mol. The van der Waals surface area contributed by atoms with Crippen LogP contribution in [0.25, 0.3) is 0 Å². The fourth-order valence-electron chi connectivity index (χ4n) is 2.39. The van der Waals surface area contributed by atoms with Crippen molar-refractivity contribution in [2.24, 2.45) is 0 Å². The first-order valence-electron chi connectivity index (χ1n) is 6.71. The summed E-state index contributed by atoms with van der Waals surface area (Å²) in [6, 6.07) is 3.63. The minimum atomic E-state index is -3.49. The highest BCUT2D eigenvalue weighted by Gasteiger charge is 2.33. The van der Waals surface area contributed by atoms with Gasteiger partial charge >= 0.3 is 0 Å². The van der Waals surface area contributed by atoms with Gasteiger partial charge in [0.1, 0.15) is 11.5 Å². The molecule has 0 N–H and O–H groups in total. The van der Waals surface area contributed by atoms with Crippen LogP contribution < -0.4 is 0 Å². The molecular weight excluding hydrogens is 280 g/mol. The van der Waals surface area contributed by atoms with E-state index in [1.807, 2.05) is 26.8 Å². The molecule has 0 aromatic carbocycles. The monoisotopic (exact) mass is 302 g/mol. The van der Waals surface area contributed by atoms with Crippen molar-refractivity contribution in [2.75, 3.05) is 20.1 Å². The van der Waals surface area contributed by atoms with Gasteiger partial charge in [-0.1, -0.05) is 0 Å². The zero-order valence-electron chi connectivity index (χ0n) is 12.4. The minimum Gasteiger partial charge on any atom is -0.465 e. The molecule has 7 heteroatoms. The van der Waals surface area contributed by atoms with Gasteiger partial charge in [-0.3, -0.25) is 0 Å². The second-order valence-corrected chi connectivity index (χ2v) is 7.39. The normalized spacial score (nSPS) is 25.2. The summed E-state index contributed by atoms with van der Waals surface area (Å²) in [6.45, 7) is 6.60. The maximum atomic E-state index is 12.5. The average molecular weight is 302 g/mol. The van der Waals surface area contributed by atoms with Crippen LogP contribution in [0.4, 0.5) is 0 Å². The number of hydrogen-bond donors (Lipinski definition) is 0. The highest BCUT2D eigenvalue weighted by atomic mass is 32.2. The first-order valence-corrected chi connectivity index (χ1v) is 8.11. The van der Waals surface area contributed by atoms with Crippen LogP contribution >= 0.6 is 0 Å². The quantitative estimate of drug-likeness (QED) is 0.843. The maximum Gasteiger partial charge on any atom is 0.282 e. The Kier molecular flexibility index (Phi) is 4.53. The Morgan fingerprint density at radius 1 is 1.30 bits per heavy atom. The summed E-state index contributed by atoms with van der Waals surface area (Å²) in [4.78, 5) is 0. The van der Waals surface area contributed by atoms with Crippen LogP contribution in [0.5, 0.6) is 0 Å². The number of hydrogen-bond acceptors (Lipinski definition) is 4. The van der Waals surface area contributed by atoms with Crippen LogP contribution in [0.1, 0.15) is 25.4 Å². The van der Waals surface area contributed by atoms with Gasteiger partial charge in [-0.25, -0.2) is 0 Å². The number of ether oxygens (including phenoxy) is 1. The number of nitrogens with zero attached hydrogens (tertiary/aromatic N) is 2. The molecule has 0 radical (unpaired) electrons. The van der Waals surface area contributed by atoms with Crippen LogP contribution in [0, 0.1) is 6.92 Å². The fraction of sp³-hybridized carbons (Fsp3) is 0.692. The third-order valence-corrected chi connectivity index (χ3v) is 5.15. The molecule has 2 rings (SSSR count). The summed E-state index contributed by atoms with van der Waals surface area (Å²) in [5.41, 5.74) is 0. The van der Waals surface area contributed by atoms with Gasteiger partial charge in [0, 0.05) is 20.1 Å². The molecule has 1 saturated heterocycles. The summed E-state index contributed by atoms with van der Waals surface area (Å²) >= 11 is 0. The Morgan fingerprint density at radius 2 is 1.90 bits per heavy atom. The van der Waals surface area contributed by atoms with E-state index in [1.165, 1.54) is 8.61 Å². The molecule has 0 amide bonds. The number of furan rings is 1. The molecule has 6 nitrogen and oxygen atoms in total. The Hall–Kier alpha value is -0.890. The second kappa shape index (κ2) is 5.85. The van der Waals surface area contributed by atoms with E-state index < -0.39 is 10.2 Å². The molecule has 0 bridgehead atoms. The van der Waals surface area contributed by atoms with Crippen molar-refractivity contribution in [3.8, 4) is 0 Å². The zero-order valence-corrected chi connectivity index (χ0v) is 13.2. The van der Waals surface area contributed by atoms with Crippen LogP contribution in [-0.4, -0.2) is 49.4 Å². The van der Waals surface area contributed by atoms with E-state index in [2.05, 4.69) is 0 Å². The molecule has 1 aliphatic heterocycles. The lowest BCUT2D eigenvalue weighted by Gasteiger charge is -2.36. The first kappa shape index (κ1) is 15.5. The van der Waals surface area contributed by atoms with E-state index >= 15 is 0 Å². The summed E-state index contributed by atoms with van der Waals surface area (Å²) in [7, 11) is -1.92. The lowest BCUT2D eigenvalue weighted by Crippen LogP contribution is -2.52.